The van der Waals surface area contributed by atoms with E-state index in [0.29, 0.717) is 36.1 Å². The van der Waals surface area contributed by atoms with Gasteiger partial charge in [-0.15, -0.1) is 0 Å². The van der Waals surface area contributed by atoms with E-state index in [4.69, 9.17) is 9.47 Å². The van der Waals surface area contributed by atoms with Gasteiger partial charge in [-0.05, 0) is 73.8 Å². The first-order chi connectivity index (χ1) is 16.0. The molecule has 1 aromatic carbocycles. The lowest BCUT2D eigenvalue weighted by atomic mass is 9.98. The van der Waals surface area contributed by atoms with Crippen LogP contribution in [0.3, 0.4) is 0 Å². The van der Waals surface area contributed by atoms with Gasteiger partial charge in [-0.2, -0.15) is 0 Å². The van der Waals surface area contributed by atoms with Gasteiger partial charge >= 0.3 is 0 Å². The zero-order chi connectivity index (χ0) is 23.4. The van der Waals surface area contributed by atoms with Crippen LogP contribution in [0.25, 0.3) is 0 Å². The molecule has 4 rings (SSSR count). The second-order valence-corrected chi connectivity index (χ2v) is 10.7. The highest BCUT2D eigenvalue weighted by Crippen LogP contribution is 2.36. The molecule has 1 aromatic heterocycles. The summed E-state index contributed by atoms with van der Waals surface area (Å²) in [7, 11) is -3.85. The molecule has 8 heteroatoms. The van der Waals surface area contributed by atoms with Crippen molar-refractivity contribution in [2.24, 2.45) is 5.92 Å². The lowest BCUT2D eigenvalue weighted by Gasteiger charge is -2.36. The van der Waals surface area contributed by atoms with Crippen LogP contribution in [0.1, 0.15) is 56.2 Å². The number of pyridine rings is 1. The molecule has 1 fully saturated rings. The number of aryl methyl sites for hydroxylation is 2. The number of aliphatic hydroxyl groups excluding tert-OH is 1. The van der Waals surface area contributed by atoms with Crippen molar-refractivity contribution < 1.29 is 23.0 Å². The molecule has 1 atom stereocenters. The summed E-state index contributed by atoms with van der Waals surface area (Å²) in [5, 5.41) is 9.95. The van der Waals surface area contributed by atoms with Gasteiger partial charge in [0.2, 0.25) is 0 Å². The Labute approximate surface area is 196 Å². The Balaban J connectivity index is 1.63. The van der Waals surface area contributed by atoms with E-state index >= 15 is 0 Å². The van der Waals surface area contributed by atoms with Crippen LogP contribution >= 0.6 is 0 Å². The molecule has 1 unspecified atom stereocenters. The van der Waals surface area contributed by atoms with Crippen molar-refractivity contribution in [2.45, 2.75) is 69.9 Å². The van der Waals surface area contributed by atoms with Gasteiger partial charge in [0.05, 0.1) is 18.1 Å². The first kappa shape index (κ1) is 24.0. The van der Waals surface area contributed by atoms with Crippen LogP contribution in [-0.2, 0) is 34.2 Å². The number of nitrogens with zero attached hydrogens (tertiary/aromatic N) is 2. The number of ether oxygens (including phenoxy) is 2. The zero-order valence-corrected chi connectivity index (χ0v) is 20.3. The molecule has 0 bridgehead atoms. The van der Waals surface area contributed by atoms with E-state index in [2.05, 4.69) is 18.0 Å². The number of hydrogen-bond donors (Lipinski definition) is 1. The van der Waals surface area contributed by atoms with Gasteiger partial charge in [0, 0.05) is 31.0 Å². The summed E-state index contributed by atoms with van der Waals surface area (Å²) in [6.45, 7) is 5.79. The van der Waals surface area contributed by atoms with Crippen LogP contribution in [-0.4, -0.2) is 44.4 Å². The van der Waals surface area contributed by atoms with E-state index < -0.39 is 10.0 Å². The van der Waals surface area contributed by atoms with Crippen molar-refractivity contribution in [1.29, 1.82) is 0 Å². The number of fused-ring (bicyclic) bond motifs is 1. The summed E-state index contributed by atoms with van der Waals surface area (Å²) < 4.78 is 40.5. The molecule has 0 amide bonds. The Morgan fingerprint density at radius 1 is 1.18 bits per heavy atom. The molecule has 1 N–H and O–H groups in total. The SMILES string of the molecule is CCc1cnc2c(c1)CCC(CC)N2S(=O)(=O)c1ccc(OCC2CCOCC2)c(CO)c1. The maximum atomic E-state index is 13.8. The summed E-state index contributed by atoms with van der Waals surface area (Å²) in [5.74, 6) is 1.46. The van der Waals surface area contributed by atoms with Crippen LogP contribution < -0.4 is 9.04 Å². The minimum absolute atomic E-state index is 0.149. The lowest BCUT2D eigenvalue weighted by Crippen LogP contribution is -2.44. The molecule has 2 aliphatic rings. The van der Waals surface area contributed by atoms with E-state index in [0.717, 1.165) is 56.4 Å². The van der Waals surface area contributed by atoms with Gasteiger partial charge < -0.3 is 14.6 Å². The van der Waals surface area contributed by atoms with Crippen molar-refractivity contribution >= 4 is 15.8 Å². The number of sulfonamides is 1. The van der Waals surface area contributed by atoms with Crippen molar-refractivity contribution in [1.82, 2.24) is 4.98 Å². The van der Waals surface area contributed by atoms with E-state index in [9.17, 15) is 13.5 Å². The predicted octanol–water partition coefficient (Wildman–Crippen LogP) is 3.86. The normalized spacial score (nSPS) is 19.4. The number of rotatable bonds is 8. The molecule has 2 aliphatic heterocycles. The standard InChI is InChI=1S/C25H34N2O5S/c1-3-18-13-20-5-6-22(4-2)27(25(20)26-15-18)33(29,30)23-7-8-24(21(14-23)16-28)32-17-19-9-11-31-12-10-19/h7-8,13-15,19,22,28H,3-6,9-12,16-17H2,1-2H3. The molecular weight excluding hydrogens is 440 g/mol. The third-order valence-corrected chi connectivity index (χ3v) is 8.58. The Kier molecular flexibility index (Phi) is 7.56. The number of anilines is 1. The Morgan fingerprint density at radius 3 is 2.67 bits per heavy atom. The predicted molar refractivity (Wildman–Crippen MR) is 127 cm³/mol. The van der Waals surface area contributed by atoms with Crippen LogP contribution in [0.5, 0.6) is 5.75 Å². The Bertz CT molecular complexity index is 1070. The van der Waals surface area contributed by atoms with Gasteiger partial charge in [0.25, 0.3) is 10.0 Å². The molecule has 7 nitrogen and oxygen atoms in total. The van der Waals surface area contributed by atoms with Crippen molar-refractivity contribution in [3.8, 4) is 5.75 Å². The number of hydrogen-bond acceptors (Lipinski definition) is 6. The summed E-state index contributed by atoms with van der Waals surface area (Å²) in [5.41, 5.74) is 2.55. The zero-order valence-electron chi connectivity index (χ0n) is 19.5. The van der Waals surface area contributed by atoms with E-state index in [1.807, 2.05) is 6.92 Å². The summed E-state index contributed by atoms with van der Waals surface area (Å²) in [6, 6.07) is 6.70. The number of benzene rings is 1. The van der Waals surface area contributed by atoms with Crippen LogP contribution in [0.15, 0.2) is 35.4 Å². The quantitative estimate of drug-likeness (QED) is 0.625. The van der Waals surface area contributed by atoms with Gasteiger partial charge in [-0.3, -0.25) is 0 Å². The smallest absolute Gasteiger partial charge is 0.265 e. The minimum Gasteiger partial charge on any atom is -0.493 e. The molecule has 0 radical (unpaired) electrons. The topological polar surface area (TPSA) is 89.0 Å². The first-order valence-corrected chi connectivity index (χ1v) is 13.4. The van der Waals surface area contributed by atoms with Gasteiger partial charge in [0.1, 0.15) is 11.6 Å². The van der Waals surface area contributed by atoms with Crippen molar-refractivity contribution in [2.75, 3.05) is 24.1 Å². The molecule has 0 aliphatic carbocycles. The van der Waals surface area contributed by atoms with Gasteiger partial charge in [0.15, 0.2) is 0 Å². The molecule has 2 aromatic rings. The molecule has 1 saturated heterocycles. The number of aromatic nitrogens is 1. The van der Waals surface area contributed by atoms with E-state index in [1.54, 1.807) is 18.3 Å². The fraction of sp³-hybridized carbons (Fsp3) is 0.560. The monoisotopic (exact) mass is 474 g/mol. The fourth-order valence-electron chi connectivity index (χ4n) is 4.64. The second-order valence-electron chi connectivity index (χ2n) is 8.88. The third kappa shape index (κ3) is 5.03. The highest BCUT2D eigenvalue weighted by Gasteiger charge is 2.36. The Hall–Kier alpha value is -2.16. The summed E-state index contributed by atoms with van der Waals surface area (Å²) in [6.07, 6.45) is 6.81. The highest BCUT2D eigenvalue weighted by molar-refractivity contribution is 7.92. The van der Waals surface area contributed by atoms with Crippen LogP contribution in [0.2, 0.25) is 0 Å². The van der Waals surface area contributed by atoms with Gasteiger partial charge in [-0.1, -0.05) is 19.9 Å². The second kappa shape index (κ2) is 10.4. The van der Waals surface area contributed by atoms with Crippen molar-refractivity contribution in [3.63, 3.8) is 0 Å². The maximum Gasteiger partial charge on any atom is 0.265 e. The average molecular weight is 475 g/mol. The van der Waals surface area contributed by atoms with E-state index in [-0.39, 0.29) is 17.5 Å². The maximum absolute atomic E-state index is 13.8. The first-order valence-electron chi connectivity index (χ1n) is 11.9. The molecular formula is C25H34N2O5S. The molecule has 0 spiro atoms. The molecule has 180 valence electrons. The molecule has 33 heavy (non-hydrogen) atoms. The Morgan fingerprint density at radius 2 is 1.97 bits per heavy atom. The molecule has 3 heterocycles. The van der Waals surface area contributed by atoms with Crippen molar-refractivity contribution in [3.05, 3.63) is 47.2 Å². The third-order valence-electron chi connectivity index (χ3n) is 6.74. The van der Waals surface area contributed by atoms with Gasteiger partial charge in [-0.25, -0.2) is 17.7 Å². The highest BCUT2D eigenvalue weighted by atomic mass is 32.2. The number of aliphatic hydroxyl groups is 1. The van der Waals surface area contributed by atoms with Crippen LogP contribution in [0.4, 0.5) is 5.82 Å². The minimum atomic E-state index is -3.85. The largest absolute Gasteiger partial charge is 0.493 e. The van der Waals surface area contributed by atoms with Crippen LogP contribution in [0, 0.1) is 5.92 Å². The average Bonchev–Trinajstić information content (AvgIpc) is 2.86. The molecule has 0 saturated carbocycles. The lowest BCUT2D eigenvalue weighted by molar-refractivity contribution is 0.0494. The fourth-order valence-corrected chi connectivity index (χ4v) is 6.43. The van der Waals surface area contributed by atoms with E-state index in [1.165, 1.54) is 10.4 Å². The summed E-state index contributed by atoms with van der Waals surface area (Å²) >= 11 is 0. The summed E-state index contributed by atoms with van der Waals surface area (Å²) in [4.78, 5) is 4.72.